The van der Waals surface area contributed by atoms with E-state index in [-0.39, 0.29) is 30.7 Å². The highest BCUT2D eigenvalue weighted by Gasteiger charge is 2.34. The lowest BCUT2D eigenvalue weighted by Crippen LogP contribution is -2.39. The van der Waals surface area contributed by atoms with E-state index >= 15 is 0 Å². The van der Waals surface area contributed by atoms with E-state index in [1.54, 1.807) is 12.3 Å². The Hall–Kier alpha value is -1.82. The molecule has 1 aromatic carbocycles. The van der Waals surface area contributed by atoms with Crippen molar-refractivity contribution in [3.05, 3.63) is 48.2 Å². The van der Waals surface area contributed by atoms with Crippen LogP contribution in [0, 0.1) is 12.8 Å². The summed E-state index contributed by atoms with van der Waals surface area (Å²) < 4.78 is 5.71. The van der Waals surface area contributed by atoms with Gasteiger partial charge in [0.15, 0.2) is 0 Å². The molecule has 28 heavy (non-hydrogen) atoms. The summed E-state index contributed by atoms with van der Waals surface area (Å²) in [5.41, 5.74) is 1.90. The van der Waals surface area contributed by atoms with E-state index < -0.39 is 0 Å². The third-order valence-electron chi connectivity index (χ3n) is 5.31. The normalized spacial score (nSPS) is 22.5. The second kappa shape index (κ2) is 10.1. The van der Waals surface area contributed by atoms with Gasteiger partial charge in [-0.1, -0.05) is 17.7 Å². The van der Waals surface area contributed by atoms with Crippen LogP contribution in [0.15, 0.2) is 42.6 Å². The summed E-state index contributed by atoms with van der Waals surface area (Å²) in [6.07, 6.45) is 6.99. The van der Waals surface area contributed by atoms with E-state index in [1.807, 2.05) is 37.3 Å². The predicted molar refractivity (Wildman–Crippen MR) is 116 cm³/mol. The van der Waals surface area contributed by atoms with Crippen LogP contribution in [0.25, 0.3) is 0 Å². The van der Waals surface area contributed by atoms with Crippen LogP contribution in [0.2, 0.25) is 0 Å². The minimum atomic E-state index is 0. The van der Waals surface area contributed by atoms with Crippen LogP contribution in [0.5, 0.6) is 11.6 Å². The topological polar surface area (TPSA) is 63.2 Å². The van der Waals surface area contributed by atoms with Crippen LogP contribution in [0.4, 0.5) is 5.69 Å². The molecule has 0 aliphatic carbocycles. The largest absolute Gasteiger partial charge is 0.439 e. The number of piperidine rings is 1. The van der Waals surface area contributed by atoms with Crippen LogP contribution < -0.4 is 15.4 Å². The lowest BCUT2D eigenvalue weighted by molar-refractivity contribution is -0.117. The highest BCUT2D eigenvalue weighted by atomic mass is 35.5. The first-order valence-corrected chi connectivity index (χ1v) is 9.40. The molecule has 5 nitrogen and oxygen atoms in total. The number of anilines is 1. The summed E-state index contributed by atoms with van der Waals surface area (Å²) in [4.78, 5) is 16.6. The van der Waals surface area contributed by atoms with Gasteiger partial charge in [0, 0.05) is 24.6 Å². The summed E-state index contributed by atoms with van der Waals surface area (Å²) in [6, 6.07) is 12.7. The molecule has 1 amide bonds. The first kappa shape index (κ1) is 22.5. The number of pyridine rings is 1. The van der Waals surface area contributed by atoms with Crippen molar-refractivity contribution in [1.29, 1.82) is 0 Å². The molecule has 0 saturated carbocycles. The van der Waals surface area contributed by atoms with Crippen molar-refractivity contribution in [1.82, 2.24) is 10.3 Å². The van der Waals surface area contributed by atoms with Crippen molar-refractivity contribution >= 4 is 36.4 Å². The fourth-order valence-electron chi connectivity index (χ4n) is 4.06. The van der Waals surface area contributed by atoms with Gasteiger partial charge in [0.25, 0.3) is 0 Å². The minimum absolute atomic E-state index is 0. The molecular formula is C21H27Cl2N3O2. The molecule has 2 aromatic rings. The zero-order chi connectivity index (χ0) is 17.9. The van der Waals surface area contributed by atoms with Gasteiger partial charge >= 0.3 is 0 Å². The molecule has 2 aliphatic heterocycles. The van der Waals surface area contributed by atoms with E-state index in [9.17, 15) is 4.79 Å². The molecule has 2 unspecified atom stereocenters. The fraction of sp³-hybridized carbons (Fsp3) is 0.429. The molecule has 1 aromatic heterocycles. The number of nitrogens with one attached hydrogen (secondary N) is 2. The highest BCUT2D eigenvalue weighted by molar-refractivity contribution is 5.90. The van der Waals surface area contributed by atoms with E-state index in [0.717, 1.165) is 18.6 Å². The van der Waals surface area contributed by atoms with Gasteiger partial charge in [-0.2, -0.15) is 0 Å². The highest BCUT2D eigenvalue weighted by Crippen LogP contribution is 2.32. The number of carbonyl (C=O) groups is 1. The Morgan fingerprint density at radius 3 is 2.39 bits per heavy atom. The summed E-state index contributed by atoms with van der Waals surface area (Å²) in [6.45, 7) is 2.04. The maximum absolute atomic E-state index is 12.3. The molecule has 2 atom stereocenters. The van der Waals surface area contributed by atoms with Gasteiger partial charge in [-0.25, -0.2) is 4.98 Å². The average Bonchev–Trinajstić information content (AvgIpc) is 2.97. The number of carbonyl (C=O) groups excluding carboxylic acids is 1. The third kappa shape index (κ3) is 5.84. The first-order chi connectivity index (χ1) is 12.6. The first-order valence-electron chi connectivity index (χ1n) is 9.40. The molecule has 2 fully saturated rings. The molecule has 0 radical (unpaired) electrons. The second-order valence-corrected chi connectivity index (χ2v) is 7.53. The van der Waals surface area contributed by atoms with Crippen molar-refractivity contribution in [2.45, 2.75) is 51.1 Å². The molecule has 7 heteroatoms. The number of amides is 1. The van der Waals surface area contributed by atoms with Crippen LogP contribution in [0.3, 0.4) is 0 Å². The van der Waals surface area contributed by atoms with Crippen LogP contribution in [0.1, 0.15) is 37.7 Å². The minimum Gasteiger partial charge on any atom is -0.439 e. The Balaban J connectivity index is 0.00000140. The van der Waals surface area contributed by atoms with Gasteiger partial charge in [0.05, 0.1) is 11.9 Å². The standard InChI is InChI=1S/C21H25N3O2.2ClH/c1-14-2-7-19(8-3-14)26-21-9-6-18(13-22-21)24-20(25)12-15-10-16-4-5-17(11-15)23-16;;/h2-3,6-9,13,15-17,23H,4-5,10-12H2,1H3,(H,24,25);2*1H. The number of hydrogen-bond donors (Lipinski definition) is 2. The van der Waals surface area contributed by atoms with Crippen molar-refractivity contribution in [2.24, 2.45) is 5.92 Å². The summed E-state index contributed by atoms with van der Waals surface area (Å²) in [5, 5.41) is 6.58. The SMILES string of the molecule is Cc1ccc(Oc2ccc(NC(=O)CC3CC4CCC(C3)N4)cn2)cc1.Cl.Cl. The Kier molecular flexibility index (Phi) is 8.10. The van der Waals surface area contributed by atoms with Crippen LogP contribution >= 0.6 is 24.8 Å². The Morgan fingerprint density at radius 2 is 1.79 bits per heavy atom. The van der Waals surface area contributed by atoms with Gasteiger partial charge in [0.2, 0.25) is 11.8 Å². The second-order valence-electron chi connectivity index (χ2n) is 7.53. The van der Waals surface area contributed by atoms with Crippen molar-refractivity contribution in [3.63, 3.8) is 0 Å². The molecule has 2 N–H and O–H groups in total. The van der Waals surface area contributed by atoms with E-state index in [4.69, 9.17) is 4.74 Å². The number of nitrogens with zero attached hydrogens (tertiary/aromatic N) is 1. The molecule has 0 spiro atoms. The molecule has 4 rings (SSSR count). The Bertz CT molecular complexity index is 756. The Morgan fingerprint density at radius 1 is 1.11 bits per heavy atom. The maximum atomic E-state index is 12.3. The lowest BCUT2D eigenvalue weighted by atomic mass is 9.89. The van der Waals surface area contributed by atoms with Crippen LogP contribution in [-0.2, 0) is 4.79 Å². The van der Waals surface area contributed by atoms with Gasteiger partial charge in [-0.05, 0) is 56.7 Å². The number of aromatic nitrogens is 1. The number of rotatable bonds is 5. The number of fused-ring (bicyclic) bond motifs is 2. The van der Waals surface area contributed by atoms with Crippen LogP contribution in [-0.4, -0.2) is 23.0 Å². The van der Waals surface area contributed by atoms with E-state index in [1.165, 1.54) is 18.4 Å². The van der Waals surface area contributed by atoms with Gasteiger partial charge in [-0.3, -0.25) is 4.79 Å². The monoisotopic (exact) mass is 423 g/mol. The fourth-order valence-corrected chi connectivity index (χ4v) is 4.06. The molecular weight excluding hydrogens is 397 g/mol. The zero-order valence-electron chi connectivity index (χ0n) is 15.9. The van der Waals surface area contributed by atoms with Gasteiger partial charge in [-0.15, -0.1) is 24.8 Å². The molecule has 2 aliphatic rings. The number of ether oxygens (including phenoxy) is 1. The molecule has 152 valence electrons. The lowest BCUT2D eigenvalue weighted by Gasteiger charge is -2.28. The van der Waals surface area contributed by atoms with Crippen molar-refractivity contribution in [2.75, 3.05) is 5.32 Å². The molecule has 3 heterocycles. The predicted octanol–water partition coefficient (Wildman–Crippen LogP) is 4.89. The average molecular weight is 424 g/mol. The van der Waals surface area contributed by atoms with E-state index in [0.29, 0.717) is 36.0 Å². The van der Waals surface area contributed by atoms with Crippen molar-refractivity contribution in [3.8, 4) is 11.6 Å². The van der Waals surface area contributed by atoms with E-state index in [2.05, 4.69) is 15.6 Å². The van der Waals surface area contributed by atoms with Gasteiger partial charge in [0.1, 0.15) is 5.75 Å². The number of aryl methyl sites for hydroxylation is 1. The van der Waals surface area contributed by atoms with Crippen molar-refractivity contribution < 1.29 is 9.53 Å². The third-order valence-corrected chi connectivity index (χ3v) is 5.31. The number of benzene rings is 1. The smallest absolute Gasteiger partial charge is 0.224 e. The number of hydrogen-bond acceptors (Lipinski definition) is 4. The maximum Gasteiger partial charge on any atom is 0.224 e. The molecule has 2 saturated heterocycles. The summed E-state index contributed by atoms with van der Waals surface area (Å²) >= 11 is 0. The zero-order valence-corrected chi connectivity index (χ0v) is 17.5. The number of halogens is 2. The van der Waals surface area contributed by atoms with Gasteiger partial charge < -0.3 is 15.4 Å². The summed E-state index contributed by atoms with van der Waals surface area (Å²) in [7, 11) is 0. The quantitative estimate of drug-likeness (QED) is 0.718. The Labute approximate surface area is 178 Å². The summed E-state index contributed by atoms with van der Waals surface area (Å²) in [5.74, 6) is 1.83. The molecule has 2 bridgehead atoms.